The monoisotopic (exact) mass is 493 g/mol. The predicted molar refractivity (Wildman–Crippen MR) is 128 cm³/mol. The number of halogens is 2. The summed E-state index contributed by atoms with van der Waals surface area (Å²) in [4.78, 5) is 36.1. The van der Waals surface area contributed by atoms with Gasteiger partial charge in [-0.1, -0.05) is 13.0 Å². The second kappa shape index (κ2) is 8.99. The minimum atomic E-state index is -0.816. The Morgan fingerprint density at radius 1 is 1.22 bits per heavy atom. The zero-order chi connectivity index (χ0) is 25.6. The summed E-state index contributed by atoms with van der Waals surface area (Å²) in [5.41, 5.74) is 0.341. The topological polar surface area (TPSA) is 126 Å². The molecule has 4 aromatic rings. The molecule has 3 N–H and O–H groups in total. The number of hydrogen-bond donors (Lipinski definition) is 3. The van der Waals surface area contributed by atoms with E-state index in [-0.39, 0.29) is 58.6 Å². The number of aromatic nitrogens is 3. The van der Waals surface area contributed by atoms with Gasteiger partial charge in [0.2, 0.25) is 11.8 Å². The molecule has 184 valence electrons. The number of rotatable bonds is 6. The number of benzene rings is 2. The fraction of sp³-hybridized carbons (Fsp3) is 0.240. The van der Waals surface area contributed by atoms with Crippen LogP contribution in [0.15, 0.2) is 30.5 Å². The Morgan fingerprint density at radius 2 is 2.03 bits per heavy atom. The first-order valence-electron chi connectivity index (χ1n) is 11.2. The molecule has 1 unspecified atom stereocenters. The van der Waals surface area contributed by atoms with Gasteiger partial charge in [0, 0.05) is 24.7 Å². The Bertz CT molecular complexity index is 1560. The van der Waals surface area contributed by atoms with E-state index in [1.165, 1.54) is 37.6 Å². The number of carbonyl (C=O) groups is 2. The number of aromatic hydroxyl groups is 1. The first-order valence-corrected chi connectivity index (χ1v) is 11.2. The van der Waals surface area contributed by atoms with Gasteiger partial charge in [-0.25, -0.2) is 8.78 Å². The number of imide groups is 1. The summed E-state index contributed by atoms with van der Waals surface area (Å²) in [7, 11) is 1.33. The van der Waals surface area contributed by atoms with Gasteiger partial charge < -0.3 is 15.2 Å². The Balaban J connectivity index is 1.66. The number of pyridine rings is 1. The van der Waals surface area contributed by atoms with E-state index in [1.807, 2.05) is 0 Å². The molecule has 1 atom stereocenters. The number of amides is 2. The van der Waals surface area contributed by atoms with Gasteiger partial charge in [-0.2, -0.15) is 9.97 Å². The van der Waals surface area contributed by atoms with Crippen LogP contribution in [0.5, 0.6) is 11.8 Å². The van der Waals surface area contributed by atoms with Crippen molar-refractivity contribution in [3.63, 3.8) is 0 Å². The summed E-state index contributed by atoms with van der Waals surface area (Å²) in [6, 6.07) is 5.51. The highest BCUT2D eigenvalue weighted by molar-refractivity contribution is 6.04. The Kier molecular flexibility index (Phi) is 5.83. The maximum Gasteiger partial charge on any atom is 0.318 e. The van der Waals surface area contributed by atoms with Crippen LogP contribution in [-0.4, -0.2) is 45.5 Å². The van der Waals surface area contributed by atoms with E-state index >= 15 is 4.39 Å². The number of phenolic OH excluding ortho intramolecular Hbond substituents is 1. The lowest BCUT2D eigenvalue weighted by Crippen LogP contribution is -2.25. The highest BCUT2D eigenvalue weighted by Crippen LogP contribution is 2.38. The number of fused-ring (bicyclic) bond motifs is 2. The summed E-state index contributed by atoms with van der Waals surface area (Å²) < 4.78 is 35.7. The lowest BCUT2D eigenvalue weighted by molar-refractivity contribution is -0.125. The van der Waals surface area contributed by atoms with Crippen molar-refractivity contribution in [1.82, 2.24) is 20.3 Å². The molecule has 2 amide bonds. The summed E-state index contributed by atoms with van der Waals surface area (Å²) in [6.45, 7) is 1.86. The molecule has 2 aromatic heterocycles. The molecule has 11 heteroatoms. The second-order valence-corrected chi connectivity index (χ2v) is 8.41. The third kappa shape index (κ3) is 3.92. The molecule has 1 aliphatic heterocycles. The quantitative estimate of drug-likeness (QED) is 0.349. The number of nitrogens with one attached hydrogen (secondary N) is 2. The van der Waals surface area contributed by atoms with E-state index < -0.39 is 23.5 Å². The van der Waals surface area contributed by atoms with Crippen LogP contribution in [0.25, 0.3) is 32.9 Å². The minimum Gasteiger partial charge on any atom is -0.508 e. The van der Waals surface area contributed by atoms with Gasteiger partial charge in [0.15, 0.2) is 5.82 Å². The maximum atomic E-state index is 16.0. The van der Waals surface area contributed by atoms with Crippen LogP contribution in [0.4, 0.5) is 14.6 Å². The number of hydrogen-bond acceptors (Lipinski definition) is 8. The molecule has 36 heavy (non-hydrogen) atoms. The smallest absolute Gasteiger partial charge is 0.318 e. The van der Waals surface area contributed by atoms with Crippen molar-refractivity contribution < 1.29 is 28.2 Å². The molecule has 0 bridgehead atoms. The van der Waals surface area contributed by atoms with Crippen LogP contribution in [-0.2, 0) is 16.0 Å². The number of nitrogens with zero attached hydrogens (tertiary/aromatic N) is 3. The molecule has 1 aliphatic rings. The first kappa shape index (κ1) is 23.3. The van der Waals surface area contributed by atoms with Crippen LogP contribution in [0.1, 0.15) is 18.9 Å². The number of methoxy groups -OCH3 is 1. The molecular weight excluding hydrogens is 472 g/mol. The molecule has 0 saturated carbocycles. The molecule has 0 radical (unpaired) electrons. The van der Waals surface area contributed by atoms with Crippen LogP contribution in [0.3, 0.4) is 0 Å². The van der Waals surface area contributed by atoms with Crippen LogP contribution in [0, 0.1) is 17.6 Å². The first-order chi connectivity index (χ1) is 17.3. The fourth-order valence-electron chi connectivity index (χ4n) is 4.47. The highest BCUT2D eigenvalue weighted by atomic mass is 19.1. The highest BCUT2D eigenvalue weighted by Gasteiger charge is 2.30. The van der Waals surface area contributed by atoms with E-state index in [4.69, 9.17) is 4.74 Å². The number of ether oxygens (including phenoxy) is 1. The average Bonchev–Trinajstić information content (AvgIpc) is 3.19. The molecule has 9 nitrogen and oxygen atoms in total. The summed E-state index contributed by atoms with van der Waals surface area (Å²) >= 11 is 0. The molecule has 1 saturated heterocycles. The molecule has 1 fully saturated rings. The molecule has 0 spiro atoms. The van der Waals surface area contributed by atoms with Gasteiger partial charge in [0.05, 0.1) is 18.4 Å². The number of aryl methyl sites for hydroxylation is 1. The van der Waals surface area contributed by atoms with Crippen molar-refractivity contribution in [1.29, 1.82) is 0 Å². The van der Waals surface area contributed by atoms with Gasteiger partial charge in [-0.3, -0.25) is 19.9 Å². The number of phenols is 1. The summed E-state index contributed by atoms with van der Waals surface area (Å²) in [5.74, 6) is -2.59. The Labute approximate surface area is 203 Å². The normalized spacial score (nSPS) is 15.5. The van der Waals surface area contributed by atoms with Crippen LogP contribution >= 0.6 is 0 Å². The Hall–Kier alpha value is -4.41. The lowest BCUT2D eigenvalue weighted by atomic mass is 9.94. The predicted octanol–water partition coefficient (Wildman–Crippen LogP) is 3.47. The number of carbonyl (C=O) groups excluding carboxylic acids is 2. The van der Waals surface area contributed by atoms with E-state index in [0.29, 0.717) is 22.8 Å². The van der Waals surface area contributed by atoms with Crippen molar-refractivity contribution in [2.75, 3.05) is 19.0 Å². The standard InChI is InChI=1S/C25H21F2N5O4/c1-3-14-17(26)5-4-11-6-13(33)8-15(19(11)14)21-20(27)22-16(10-28-21)23(32-25(31-22)36-2)29-9-12-7-18(34)30-24(12)35/h4-6,8,10,12,33H,3,7,9H2,1-2H3,(H,29,31,32)(H,30,34,35). The van der Waals surface area contributed by atoms with E-state index in [1.54, 1.807) is 6.92 Å². The average molecular weight is 493 g/mol. The van der Waals surface area contributed by atoms with Gasteiger partial charge in [-0.15, -0.1) is 0 Å². The minimum absolute atomic E-state index is 0.0314. The van der Waals surface area contributed by atoms with Crippen LogP contribution in [0.2, 0.25) is 0 Å². The van der Waals surface area contributed by atoms with Gasteiger partial charge in [0.25, 0.3) is 0 Å². The lowest BCUT2D eigenvalue weighted by Gasteiger charge is -2.15. The third-order valence-corrected chi connectivity index (χ3v) is 6.19. The second-order valence-electron chi connectivity index (χ2n) is 8.41. The fourth-order valence-corrected chi connectivity index (χ4v) is 4.47. The molecule has 0 aliphatic carbocycles. The van der Waals surface area contributed by atoms with Crippen LogP contribution < -0.4 is 15.4 Å². The zero-order valence-electron chi connectivity index (χ0n) is 19.4. The van der Waals surface area contributed by atoms with Gasteiger partial charge in [-0.05, 0) is 41.0 Å². The zero-order valence-corrected chi connectivity index (χ0v) is 19.4. The Morgan fingerprint density at radius 3 is 2.72 bits per heavy atom. The third-order valence-electron chi connectivity index (χ3n) is 6.19. The van der Waals surface area contributed by atoms with E-state index in [9.17, 15) is 19.1 Å². The van der Waals surface area contributed by atoms with Gasteiger partial charge >= 0.3 is 6.01 Å². The van der Waals surface area contributed by atoms with Crippen molar-refractivity contribution >= 4 is 39.3 Å². The van der Waals surface area contributed by atoms with Crippen molar-refractivity contribution in [3.05, 3.63) is 47.7 Å². The molecule has 5 rings (SSSR count). The van der Waals surface area contributed by atoms with Gasteiger partial charge in [0.1, 0.15) is 28.6 Å². The van der Waals surface area contributed by atoms with Crippen molar-refractivity contribution in [3.8, 4) is 23.0 Å². The molecule has 2 aromatic carbocycles. The summed E-state index contributed by atoms with van der Waals surface area (Å²) in [6.07, 6.45) is 1.73. The largest absolute Gasteiger partial charge is 0.508 e. The van der Waals surface area contributed by atoms with Crippen molar-refractivity contribution in [2.45, 2.75) is 19.8 Å². The SMILES string of the molecule is CCc1c(F)ccc2cc(O)cc(-c3ncc4c(NCC5CC(=O)NC5=O)nc(OC)nc4c3F)c12. The van der Waals surface area contributed by atoms with Crippen molar-refractivity contribution in [2.24, 2.45) is 5.92 Å². The maximum absolute atomic E-state index is 16.0. The number of anilines is 1. The van der Waals surface area contributed by atoms with E-state index in [0.717, 1.165) is 0 Å². The molecule has 3 heterocycles. The summed E-state index contributed by atoms with van der Waals surface area (Å²) in [5, 5.41) is 16.7. The van der Waals surface area contributed by atoms with E-state index in [2.05, 4.69) is 25.6 Å². The molecular formula is C25H21F2N5O4.